The molecule has 0 spiro atoms. The fourth-order valence-electron chi connectivity index (χ4n) is 4.94. The summed E-state index contributed by atoms with van der Waals surface area (Å²) in [6.07, 6.45) is 4.43. The molecule has 1 aliphatic carbocycles. The Bertz CT molecular complexity index is 1230. The Balaban J connectivity index is 1.19. The number of aryl methyl sites for hydroxylation is 3. The number of H-pyrrole nitrogens is 1. The van der Waals surface area contributed by atoms with Crippen molar-refractivity contribution in [2.24, 2.45) is 0 Å². The minimum absolute atomic E-state index is 0.00878. The number of carbonyl (C=O) groups is 1. The van der Waals surface area contributed by atoms with Crippen molar-refractivity contribution >= 4 is 33.1 Å². The average Bonchev–Trinajstić information content (AvgIpc) is 3.18. The smallest absolute Gasteiger partial charge is 0.259 e. The summed E-state index contributed by atoms with van der Waals surface area (Å²) < 4.78 is 0. The van der Waals surface area contributed by atoms with Gasteiger partial charge in [0, 0.05) is 36.7 Å². The van der Waals surface area contributed by atoms with Gasteiger partial charge < -0.3 is 10.3 Å². The van der Waals surface area contributed by atoms with Gasteiger partial charge in [0.25, 0.3) is 5.56 Å². The predicted molar refractivity (Wildman–Crippen MR) is 133 cm³/mol. The number of benzene rings is 1. The number of piperazine rings is 1. The van der Waals surface area contributed by atoms with Crippen molar-refractivity contribution in [1.29, 1.82) is 0 Å². The molecule has 33 heavy (non-hydrogen) atoms. The highest BCUT2D eigenvalue weighted by molar-refractivity contribution is 7.18. The van der Waals surface area contributed by atoms with E-state index in [9.17, 15) is 9.59 Å². The highest BCUT2D eigenvalue weighted by Crippen LogP contribution is 2.33. The van der Waals surface area contributed by atoms with Crippen LogP contribution in [0.25, 0.3) is 10.2 Å². The van der Waals surface area contributed by atoms with Crippen molar-refractivity contribution in [3.63, 3.8) is 0 Å². The van der Waals surface area contributed by atoms with E-state index in [4.69, 9.17) is 4.98 Å². The molecule has 2 aromatic heterocycles. The molecule has 0 radical (unpaired) electrons. The molecule has 3 heterocycles. The topological polar surface area (TPSA) is 81.3 Å². The summed E-state index contributed by atoms with van der Waals surface area (Å²) in [5.74, 6) is 0.761. The van der Waals surface area contributed by atoms with E-state index in [1.54, 1.807) is 11.3 Å². The van der Waals surface area contributed by atoms with Crippen molar-refractivity contribution < 1.29 is 4.79 Å². The second-order valence-corrected chi connectivity index (χ2v) is 10.3. The number of carbonyl (C=O) groups excluding carboxylic acids is 1. The van der Waals surface area contributed by atoms with Crippen LogP contribution in [0.15, 0.2) is 29.1 Å². The number of thiophene rings is 1. The minimum Gasteiger partial charge on any atom is -0.325 e. The number of hydrogen-bond donors (Lipinski definition) is 2. The molecule has 0 unspecified atom stereocenters. The summed E-state index contributed by atoms with van der Waals surface area (Å²) in [4.78, 5) is 40.1. The molecule has 1 atom stereocenters. The third kappa shape index (κ3) is 4.74. The van der Waals surface area contributed by atoms with Gasteiger partial charge in [-0.2, -0.15) is 0 Å². The lowest BCUT2D eigenvalue weighted by molar-refractivity contribution is -0.121. The third-order valence-corrected chi connectivity index (χ3v) is 8.05. The summed E-state index contributed by atoms with van der Waals surface area (Å²) >= 11 is 1.70. The molecule has 5 rings (SSSR count). The van der Waals surface area contributed by atoms with Crippen molar-refractivity contribution in [3.8, 4) is 0 Å². The van der Waals surface area contributed by atoms with Crippen LogP contribution in [0.3, 0.4) is 0 Å². The van der Waals surface area contributed by atoms with Crippen LogP contribution in [0.1, 0.15) is 41.6 Å². The van der Waals surface area contributed by atoms with Crippen LogP contribution in [-0.4, -0.2) is 57.9 Å². The van der Waals surface area contributed by atoms with E-state index in [1.807, 2.05) is 38.1 Å². The summed E-state index contributed by atoms with van der Waals surface area (Å²) in [5, 5.41) is 3.85. The molecule has 1 aliphatic heterocycles. The largest absolute Gasteiger partial charge is 0.325 e. The van der Waals surface area contributed by atoms with E-state index < -0.39 is 0 Å². The maximum absolute atomic E-state index is 12.8. The first-order valence-electron chi connectivity index (χ1n) is 11.9. The predicted octanol–water partition coefficient (Wildman–Crippen LogP) is 3.32. The van der Waals surface area contributed by atoms with E-state index in [0.29, 0.717) is 6.54 Å². The Morgan fingerprint density at radius 1 is 1.21 bits per heavy atom. The third-order valence-electron chi connectivity index (χ3n) is 6.87. The second-order valence-electron chi connectivity index (χ2n) is 9.25. The first kappa shape index (κ1) is 22.3. The fraction of sp³-hybridized carbons (Fsp3) is 0.480. The fourth-order valence-corrected chi connectivity index (χ4v) is 6.22. The minimum atomic E-state index is -0.195. The first-order valence-corrected chi connectivity index (χ1v) is 12.7. The van der Waals surface area contributed by atoms with Gasteiger partial charge in [-0.15, -0.1) is 11.3 Å². The first-order chi connectivity index (χ1) is 16.0. The Morgan fingerprint density at radius 3 is 2.79 bits per heavy atom. The van der Waals surface area contributed by atoms with Gasteiger partial charge in [0.1, 0.15) is 10.7 Å². The van der Waals surface area contributed by atoms with Crippen LogP contribution in [0, 0.1) is 6.92 Å². The van der Waals surface area contributed by atoms with Crippen LogP contribution < -0.4 is 10.9 Å². The van der Waals surface area contributed by atoms with E-state index in [1.165, 1.54) is 16.9 Å². The van der Waals surface area contributed by atoms with Crippen molar-refractivity contribution in [1.82, 2.24) is 19.8 Å². The average molecular weight is 466 g/mol. The molecule has 8 heteroatoms. The molecule has 2 N–H and O–H groups in total. The zero-order valence-corrected chi connectivity index (χ0v) is 20.1. The molecule has 1 amide bonds. The summed E-state index contributed by atoms with van der Waals surface area (Å²) in [7, 11) is 0. The van der Waals surface area contributed by atoms with Gasteiger partial charge in [-0.3, -0.25) is 19.4 Å². The van der Waals surface area contributed by atoms with E-state index in [2.05, 4.69) is 20.1 Å². The van der Waals surface area contributed by atoms with Gasteiger partial charge in [0.15, 0.2) is 0 Å². The molecule has 0 bridgehead atoms. The Kier molecular flexibility index (Phi) is 6.32. The molecule has 1 saturated heterocycles. The van der Waals surface area contributed by atoms with Gasteiger partial charge in [-0.1, -0.05) is 12.1 Å². The maximum Gasteiger partial charge on any atom is 0.259 e. The van der Waals surface area contributed by atoms with Crippen molar-refractivity contribution in [3.05, 3.63) is 56.4 Å². The lowest BCUT2D eigenvalue weighted by atomic mass is 9.97. The molecular formula is C25H31N5O2S. The lowest BCUT2D eigenvalue weighted by Gasteiger charge is -2.37. The van der Waals surface area contributed by atoms with Gasteiger partial charge in [-0.05, 0) is 62.8 Å². The number of amides is 1. The number of anilines is 1. The van der Waals surface area contributed by atoms with Crippen LogP contribution >= 0.6 is 11.3 Å². The number of nitrogens with zero attached hydrogens (tertiary/aromatic N) is 3. The number of rotatable bonds is 5. The molecule has 0 saturated carbocycles. The highest BCUT2D eigenvalue weighted by atomic mass is 32.1. The number of hydrogen-bond acceptors (Lipinski definition) is 6. The molecule has 174 valence electrons. The Morgan fingerprint density at radius 2 is 2.00 bits per heavy atom. The number of aromatic nitrogens is 2. The normalized spacial score (nSPS) is 18.2. The molecule has 7 nitrogen and oxygen atoms in total. The second kappa shape index (κ2) is 9.37. The van der Waals surface area contributed by atoms with E-state index in [-0.39, 0.29) is 17.5 Å². The number of aromatic amines is 1. The van der Waals surface area contributed by atoms with Crippen LogP contribution in [0.4, 0.5) is 5.69 Å². The molecular weight excluding hydrogens is 434 g/mol. The monoisotopic (exact) mass is 465 g/mol. The van der Waals surface area contributed by atoms with E-state index in [0.717, 1.165) is 72.7 Å². The molecule has 1 fully saturated rings. The SMILES string of the molecule is Cc1cccc(NC(=O)[C@H](C)N2CCN(Cc3nc4sc5c(c4c(=O)[nH]3)CCCC5)CC2)c1. The van der Waals surface area contributed by atoms with Gasteiger partial charge in [0.05, 0.1) is 18.0 Å². The maximum atomic E-state index is 12.8. The zero-order valence-electron chi connectivity index (χ0n) is 19.3. The Labute approximate surface area is 197 Å². The van der Waals surface area contributed by atoms with Crippen LogP contribution in [0.2, 0.25) is 0 Å². The summed E-state index contributed by atoms with van der Waals surface area (Å²) in [5.41, 5.74) is 3.20. The summed E-state index contributed by atoms with van der Waals surface area (Å²) in [6, 6.07) is 7.68. The quantitative estimate of drug-likeness (QED) is 0.604. The van der Waals surface area contributed by atoms with Crippen molar-refractivity contribution in [2.45, 2.75) is 52.1 Å². The van der Waals surface area contributed by atoms with Gasteiger partial charge in [-0.25, -0.2) is 4.98 Å². The molecule has 1 aromatic carbocycles. The lowest BCUT2D eigenvalue weighted by Crippen LogP contribution is -2.52. The van der Waals surface area contributed by atoms with E-state index >= 15 is 0 Å². The molecule has 2 aliphatic rings. The Hall–Kier alpha value is -2.55. The van der Waals surface area contributed by atoms with Crippen LogP contribution in [0.5, 0.6) is 0 Å². The molecule has 3 aromatic rings. The summed E-state index contributed by atoms with van der Waals surface area (Å²) in [6.45, 7) is 7.91. The van der Waals surface area contributed by atoms with Crippen molar-refractivity contribution in [2.75, 3.05) is 31.5 Å². The number of fused-ring (bicyclic) bond motifs is 3. The number of nitrogens with one attached hydrogen (secondary N) is 2. The zero-order chi connectivity index (χ0) is 22.9. The van der Waals surface area contributed by atoms with Gasteiger partial charge >= 0.3 is 0 Å². The standard InChI is InChI=1S/C25H31N5O2S/c1-16-6-5-7-18(14-16)26-23(31)17(2)30-12-10-29(11-13-30)15-21-27-24(32)22-19-8-3-4-9-20(19)33-25(22)28-21/h5-7,14,17H,3-4,8-13,15H2,1-2H3,(H,26,31)(H,27,28,32)/t17-/m0/s1. The highest BCUT2D eigenvalue weighted by Gasteiger charge is 2.26. The van der Waals surface area contributed by atoms with Gasteiger partial charge in [0.2, 0.25) is 5.91 Å². The van der Waals surface area contributed by atoms with Crippen LogP contribution in [-0.2, 0) is 24.2 Å².